The number of alkyl halides is 3. The Labute approximate surface area is 270 Å². The van der Waals surface area contributed by atoms with Gasteiger partial charge in [-0.25, -0.2) is 9.97 Å². The molecule has 5 rings (SSSR count). The molecule has 46 heavy (non-hydrogen) atoms. The van der Waals surface area contributed by atoms with E-state index in [4.69, 9.17) is 9.84 Å². The van der Waals surface area contributed by atoms with Gasteiger partial charge in [0.2, 0.25) is 0 Å². The second-order valence-corrected chi connectivity index (χ2v) is 12.5. The number of carbonyl (C=O) groups is 1. The minimum Gasteiger partial charge on any atom is -0.493 e. The molecule has 2 aliphatic heterocycles. The first-order valence-electron chi connectivity index (χ1n) is 15.6. The van der Waals surface area contributed by atoms with Crippen LogP contribution in [-0.4, -0.2) is 92.9 Å². The number of aliphatic hydroxyl groups is 1. The summed E-state index contributed by atoms with van der Waals surface area (Å²) in [6.45, 7) is 8.61. The van der Waals surface area contributed by atoms with Crippen LogP contribution in [0.25, 0.3) is 11.3 Å². The molecule has 2 aliphatic rings. The van der Waals surface area contributed by atoms with Gasteiger partial charge in [-0.2, -0.15) is 13.2 Å². The summed E-state index contributed by atoms with van der Waals surface area (Å²) in [5.74, 6) is -0.388. The van der Waals surface area contributed by atoms with E-state index in [1.165, 1.54) is 23.6 Å². The molecule has 2 atom stereocenters. The maximum Gasteiger partial charge on any atom is 0.419 e. The Morgan fingerprint density at radius 3 is 2.59 bits per heavy atom. The zero-order chi connectivity index (χ0) is 32.8. The maximum absolute atomic E-state index is 14.0. The number of hydrogen-bond donors (Lipinski definition) is 3. The quantitative estimate of drug-likeness (QED) is 0.212. The number of carboxylic acid groups (broad SMARTS) is 1. The van der Waals surface area contributed by atoms with Crippen molar-refractivity contribution in [2.45, 2.75) is 64.5 Å². The second-order valence-electron chi connectivity index (χ2n) is 11.4. The minimum atomic E-state index is -4.60. The zero-order valence-electron chi connectivity index (χ0n) is 26.0. The summed E-state index contributed by atoms with van der Waals surface area (Å²) in [6.07, 6.45) is 0.442. The molecular formula is C31H40F3N7O4S. The molecule has 0 amide bonds. The highest BCUT2D eigenvalue weighted by atomic mass is 32.1. The second kappa shape index (κ2) is 14.9. The van der Waals surface area contributed by atoms with E-state index >= 15 is 0 Å². The minimum absolute atomic E-state index is 0.105. The Hall–Kier alpha value is -3.53. The standard InChI is InChI=1S/C31H40F3N7O4S/c1-3-21-6-5-10-41(21)19-25-28(20-7-8-24(45-4-2)22(16-20)31(32,33)34)37-30(46-25)38-29(44)23-17-36-26(18-35-23)40-14-12-39(13-15-40)11-9-27(42)43/h7-8,16-18,21,29,44H,3-6,9-15,19H2,1-2H3,(H,37,38)(H,42,43)/t21-,29?/m1/s1. The van der Waals surface area contributed by atoms with Crippen LogP contribution < -0.4 is 15.0 Å². The molecule has 1 unspecified atom stereocenters. The van der Waals surface area contributed by atoms with Crippen LogP contribution >= 0.6 is 11.3 Å². The zero-order valence-corrected chi connectivity index (χ0v) is 26.8. The molecule has 2 fully saturated rings. The van der Waals surface area contributed by atoms with E-state index in [9.17, 15) is 23.1 Å². The normalized spacial score (nSPS) is 18.6. The maximum atomic E-state index is 14.0. The van der Waals surface area contributed by atoms with Crippen molar-refractivity contribution in [2.75, 3.05) is 56.1 Å². The average molecular weight is 664 g/mol. The van der Waals surface area contributed by atoms with Crippen molar-refractivity contribution in [3.05, 3.63) is 46.7 Å². The molecule has 2 saturated heterocycles. The van der Waals surface area contributed by atoms with E-state index in [-0.39, 0.29) is 24.5 Å². The summed E-state index contributed by atoms with van der Waals surface area (Å²) in [5.41, 5.74) is 0.168. The Bertz CT molecular complexity index is 1470. The summed E-state index contributed by atoms with van der Waals surface area (Å²) in [5, 5.41) is 23.2. The van der Waals surface area contributed by atoms with Gasteiger partial charge < -0.3 is 25.2 Å². The van der Waals surface area contributed by atoms with Crippen molar-refractivity contribution >= 4 is 28.3 Å². The number of ether oxygens (including phenoxy) is 1. The first-order chi connectivity index (χ1) is 22.0. The fourth-order valence-electron chi connectivity index (χ4n) is 5.96. The Kier molecular flexibility index (Phi) is 11.0. The number of nitrogens with zero attached hydrogens (tertiary/aromatic N) is 6. The number of halogens is 3. The molecule has 2 aromatic heterocycles. The number of anilines is 2. The van der Waals surface area contributed by atoms with E-state index < -0.39 is 23.9 Å². The molecule has 3 aromatic rings. The lowest BCUT2D eigenvalue weighted by molar-refractivity contribution is -0.139. The summed E-state index contributed by atoms with van der Waals surface area (Å²) in [4.78, 5) is 31.7. The van der Waals surface area contributed by atoms with Crippen molar-refractivity contribution in [2.24, 2.45) is 0 Å². The third-order valence-electron chi connectivity index (χ3n) is 8.41. The molecule has 4 heterocycles. The number of hydrogen-bond acceptors (Lipinski definition) is 11. The van der Waals surface area contributed by atoms with Crippen LogP contribution in [-0.2, 0) is 17.5 Å². The van der Waals surface area contributed by atoms with Gasteiger partial charge in [0.15, 0.2) is 11.4 Å². The molecule has 0 spiro atoms. The lowest BCUT2D eigenvalue weighted by Crippen LogP contribution is -2.47. The number of aliphatic hydroxyl groups excluding tert-OH is 1. The van der Waals surface area contributed by atoms with E-state index in [0.717, 1.165) is 36.8 Å². The van der Waals surface area contributed by atoms with E-state index in [0.29, 0.717) is 67.5 Å². The van der Waals surface area contributed by atoms with Gasteiger partial charge in [0, 0.05) is 55.8 Å². The topological polar surface area (TPSA) is 127 Å². The van der Waals surface area contributed by atoms with E-state index in [2.05, 4.69) is 41.9 Å². The number of carboxylic acids is 1. The van der Waals surface area contributed by atoms with Crippen molar-refractivity contribution in [1.82, 2.24) is 24.8 Å². The summed E-state index contributed by atoms with van der Waals surface area (Å²) >= 11 is 1.30. The number of aliphatic carboxylic acids is 1. The van der Waals surface area contributed by atoms with Gasteiger partial charge in [-0.05, 0) is 50.9 Å². The summed E-state index contributed by atoms with van der Waals surface area (Å²) < 4.78 is 47.2. The molecular weight excluding hydrogens is 623 g/mol. The lowest BCUT2D eigenvalue weighted by atomic mass is 10.1. The third-order valence-corrected chi connectivity index (χ3v) is 9.38. The van der Waals surface area contributed by atoms with Crippen molar-refractivity contribution in [1.29, 1.82) is 0 Å². The SMILES string of the molecule is CCOc1ccc(-c2nc(NC(O)c3cnc(N4CCN(CCC(=O)O)CC4)cn3)sc2CN2CCC[C@H]2CC)cc1C(F)(F)F. The van der Waals surface area contributed by atoms with Crippen molar-refractivity contribution in [3.8, 4) is 17.0 Å². The first kappa shape index (κ1) is 33.8. The summed E-state index contributed by atoms with van der Waals surface area (Å²) in [6, 6.07) is 4.41. The lowest BCUT2D eigenvalue weighted by Gasteiger charge is -2.35. The van der Waals surface area contributed by atoms with Gasteiger partial charge in [-0.3, -0.25) is 19.6 Å². The van der Waals surface area contributed by atoms with Gasteiger partial charge in [0.1, 0.15) is 17.3 Å². The highest BCUT2D eigenvalue weighted by molar-refractivity contribution is 7.16. The molecule has 11 nitrogen and oxygen atoms in total. The van der Waals surface area contributed by atoms with Crippen molar-refractivity contribution < 1.29 is 32.9 Å². The molecule has 250 valence electrons. The van der Waals surface area contributed by atoms with Crippen LogP contribution in [0, 0.1) is 0 Å². The Balaban J connectivity index is 1.33. The van der Waals surface area contributed by atoms with Crippen LogP contribution in [0.2, 0.25) is 0 Å². The van der Waals surface area contributed by atoms with E-state index in [1.807, 2.05) is 0 Å². The molecule has 0 bridgehead atoms. The number of likely N-dealkylation sites (tertiary alicyclic amines) is 1. The van der Waals surface area contributed by atoms with Gasteiger partial charge >= 0.3 is 12.1 Å². The van der Waals surface area contributed by atoms with Crippen LogP contribution in [0.1, 0.15) is 61.9 Å². The Morgan fingerprint density at radius 2 is 1.93 bits per heavy atom. The molecule has 0 saturated carbocycles. The highest BCUT2D eigenvalue weighted by Gasteiger charge is 2.35. The Morgan fingerprint density at radius 1 is 1.15 bits per heavy atom. The first-order valence-corrected chi connectivity index (χ1v) is 16.4. The highest BCUT2D eigenvalue weighted by Crippen LogP contribution is 2.41. The molecule has 0 aliphatic carbocycles. The van der Waals surface area contributed by atoms with Gasteiger partial charge in [-0.15, -0.1) is 11.3 Å². The molecule has 15 heteroatoms. The van der Waals surface area contributed by atoms with Crippen LogP contribution in [0.3, 0.4) is 0 Å². The van der Waals surface area contributed by atoms with Gasteiger partial charge in [0.25, 0.3) is 0 Å². The largest absolute Gasteiger partial charge is 0.493 e. The third kappa shape index (κ3) is 8.24. The van der Waals surface area contributed by atoms with Crippen LogP contribution in [0.15, 0.2) is 30.6 Å². The van der Waals surface area contributed by atoms with Crippen LogP contribution in [0.5, 0.6) is 5.75 Å². The van der Waals surface area contributed by atoms with Gasteiger partial charge in [0.05, 0.1) is 36.7 Å². The average Bonchev–Trinajstić information content (AvgIpc) is 3.66. The van der Waals surface area contributed by atoms with Crippen LogP contribution in [0.4, 0.5) is 24.1 Å². The number of piperazine rings is 1. The number of nitrogens with one attached hydrogen (secondary N) is 1. The fraction of sp³-hybridized carbons (Fsp3) is 0.548. The molecule has 3 N–H and O–H groups in total. The molecule has 0 radical (unpaired) electrons. The number of aromatic nitrogens is 3. The molecule has 1 aromatic carbocycles. The van der Waals surface area contributed by atoms with Crippen molar-refractivity contribution in [3.63, 3.8) is 0 Å². The monoisotopic (exact) mass is 663 g/mol. The fourth-order valence-corrected chi connectivity index (χ4v) is 6.99. The van der Waals surface area contributed by atoms with Gasteiger partial charge in [-0.1, -0.05) is 6.92 Å². The summed E-state index contributed by atoms with van der Waals surface area (Å²) in [7, 11) is 0. The van der Waals surface area contributed by atoms with E-state index in [1.54, 1.807) is 19.2 Å². The predicted octanol–water partition coefficient (Wildman–Crippen LogP) is 5.09. The number of benzene rings is 1. The smallest absolute Gasteiger partial charge is 0.419 e. The number of rotatable bonds is 13. The predicted molar refractivity (Wildman–Crippen MR) is 169 cm³/mol. The number of thiazole rings is 1.